The van der Waals surface area contributed by atoms with Crippen molar-refractivity contribution in [2.45, 2.75) is 58.5 Å². The van der Waals surface area contributed by atoms with E-state index in [9.17, 15) is 0 Å². The molecule has 3 heteroatoms. The van der Waals surface area contributed by atoms with Gasteiger partial charge >= 0.3 is 0 Å². The van der Waals surface area contributed by atoms with Crippen molar-refractivity contribution < 1.29 is 0 Å². The van der Waals surface area contributed by atoms with Crippen molar-refractivity contribution in [1.29, 1.82) is 5.26 Å². The van der Waals surface area contributed by atoms with Crippen LogP contribution in [0.4, 0.5) is 0 Å². The molecule has 1 aliphatic carbocycles. The maximum absolute atomic E-state index is 8.88. The van der Waals surface area contributed by atoms with Crippen LogP contribution in [0.15, 0.2) is 18.5 Å². The summed E-state index contributed by atoms with van der Waals surface area (Å²) in [6, 6.07) is 5.02. The number of hydrogen-bond acceptors (Lipinski definition) is 2. The molecule has 19 heavy (non-hydrogen) atoms. The maximum atomic E-state index is 8.88. The second-order valence-electron chi connectivity index (χ2n) is 5.87. The predicted octanol–water partition coefficient (Wildman–Crippen LogP) is 3.63. The molecule has 0 spiro atoms. The van der Waals surface area contributed by atoms with Crippen LogP contribution in [-0.4, -0.2) is 11.1 Å². The van der Waals surface area contributed by atoms with Crippen LogP contribution < -0.4 is 5.32 Å². The van der Waals surface area contributed by atoms with Gasteiger partial charge in [0, 0.05) is 36.8 Å². The fourth-order valence-electron chi connectivity index (χ4n) is 2.70. The highest BCUT2D eigenvalue weighted by molar-refractivity contribution is 5.16. The van der Waals surface area contributed by atoms with Gasteiger partial charge in [-0.25, -0.2) is 0 Å². The lowest BCUT2D eigenvalue weighted by Crippen LogP contribution is -2.21. The second-order valence-corrected chi connectivity index (χ2v) is 5.87. The van der Waals surface area contributed by atoms with E-state index in [2.05, 4.69) is 48.3 Å². The van der Waals surface area contributed by atoms with Crippen LogP contribution in [0.2, 0.25) is 0 Å². The zero-order chi connectivity index (χ0) is 13.7. The third-order valence-electron chi connectivity index (χ3n) is 4.15. The first-order chi connectivity index (χ1) is 9.23. The number of nitriles is 1. The van der Waals surface area contributed by atoms with E-state index in [1.54, 1.807) is 0 Å². The minimum atomic E-state index is 0.281. The molecular formula is C16H25N3. The number of hydrogen-bond donors (Lipinski definition) is 1. The van der Waals surface area contributed by atoms with Crippen LogP contribution in [0.5, 0.6) is 0 Å². The summed E-state index contributed by atoms with van der Waals surface area (Å²) in [5, 5.41) is 12.5. The van der Waals surface area contributed by atoms with Crippen LogP contribution in [0.1, 0.15) is 57.6 Å². The normalized spacial score (nSPS) is 17.9. The van der Waals surface area contributed by atoms with Crippen LogP contribution in [0.3, 0.4) is 0 Å². The van der Waals surface area contributed by atoms with Crippen molar-refractivity contribution in [3.05, 3.63) is 24.0 Å². The van der Waals surface area contributed by atoms with Gasteiger partial charge in [-0.2, -0.15) is 5.26 Å². The van der Waals surface area contributed by atoms with Crippen molar-refractivity contribution in [3.63, 3.8) is 0 Å². The van der Waals surface area contributed by atoms with Gasteiger partial charge in [0.15, 0.2) is 0 Å². The molecule has 0 aliphatic heterocycles. The Morgan fingerprint density at radius 2 is 2.26 bits per heavy atom. The SMILES string of the molecule is CCCNC(CC)c1ccn(CC2(CC#N)CC2)c1. The van der Waals surface area contributed by atoms with Crippen molar-refractivity contribution in [3.8, 4) is 6.07 Å². The molecule has 0 radical (unpaired) electrons. The molecule has 2 rings (SSSR count). The zero-order valence-electron chi connectivity index (χ0n) is 12.2. The number of aromatic nitrogens is 1. The number of rotatable bonds is 8. The van der Waals surface area contributed by atoms with Crippen molar-refractivity contribution in [2.75, 3.05) is 6.54 Å². The van der Waals surface area contributed by atoms with Gasteiger partial charge in [-0.05, 0) is 43.9 Å². The molecule has 1 unspecified atom stereocenters. The fourth-order valence-corrected chi connectivity index (χ4v) is 2.70. The number of nitrogens with zero attached hydrogens (tertiary/aromatic N) is 2. The average molecular weight is 259 g/mol. The Labute approximate surface area is 116 Å². The Morgan fingerprint density at radius 3 is 2.84 bits per heavy atom. The minimum absolute atomic E-state index is 0.281. The smallest absolute Gasteiger partial charge is 0.0628 e. The van der Waals surface area contributed by atoms with Crippen LogP contribution >= 0.6 is 0 Å². The van der Waals surface area contributed by atoms with Gasteiger partial charge in [0.1, 0.15) is 0 Å². The lowest BCUT2D eigenvalue weighted by Gasteiger charge is -2.15. The summed E-state index contributed by atoms with van der Waals surface area (Å²) in [7, 11) is 0. The molecule has 0 saturated heterocycles. The summed E-state index contributed by atoms with van der Waals surface area (Å²) in [5.74, 6) is 0. The maximum Gasteiger partial charge on any atom is 0.0628 e. The van der Waals surface area contributed by atoms with Gasteiger partial charge in [-0.15, -0.1) is 0 Å². The van der Waals surface area contributed by atoms with Gasteiger partial charge in [0.25, 0.3) is 0 Å². The molecule has 1 atom stereocenters. The summed E-state index contributed by atoms with van der Waals surface area (Å²) >= 11 is 0. The molecule has 104 valence electrons. The molecule has 0 amide bonds. The molecule has 1 heterocycles. The topological polar surface area (TPSA) is 40.8 Å². The van der Waals surface area contributed by atoms with E-state index in [4.69, 9.17) is 5.26 Å². The molecule has 3 nitrogen and oxygen atoms in total. The molecule has 1 fully saturated rings. The first kappa shape index (κ1) is 14.1. The van der Waals surface area contributed by atoms with Crippen molar-refractivity contribution in [2.24, 2.45) is 5.41 Å². The minimum Gasteiger partial charge on any atom is -0.353 e. The molecule has 0 bridgehead atoms. The van der Waals surface area contributed by atoms with Gasteiger partial charge < -0.3 is 9.88 Å². The monoisotopic (exact) mass is 259 g/mol. The fraction of sp³-hybridized carbons (Fsp3) is 0.688. The van der Waals surface area contributed by atoms with E-state index < -0.39 is 0 Å². The van der Waals surface area contributed by atoms with E-state index in [1.165, 1.54) is 24.8 Å². The molecule has 1 aromatic rings. The molecule has 0 aromatic carbocycles. The third kappa shape index (κ3) is 3.61. The first-order valence-corrected chi connectivity index (χ1v) is 7.49. The van der Waals surface area contributed by atoms with Crippen molar-refractivity contribution in [1.82, 2.24) is 9.88 Å². The quantitative estimate of drug-likeness (QED) is 0.774. The molecular weight excluding hydrogens is 234 g/mol. The van der Waals surface area contributed by atoms with Crippen LogP contribution in [0, 0.1) is 16.7 Å². The summed E-state index contributed by atoms with van der Waals surface area (Å²) < 4.78 is 2.27. The predicted molar refractivity (Wildman–Crippen MR) is 77.7 cm³/mol. The number of nitrogens with one attached hydrogen (secondary N) is 1. The van der Waals surface area contributed by atoms with E-state index in [1.807, 2.05) is 0 Å². The summed E-state index contributed by atoms with van der Waals surface area (Å²) in [6.07, 6.45) is 9.83. The lowest BCUT2D eigenvalue weighted by molar-refractivity contribution is 0.431. The van der Waals surface area contributed by atoms with Gasteiger partial charge in [0.05, 0.1) is 6.07 Å². The van der Waals surface area contributed by atoms with E-state index in [-0.39, 0.29) is 5.41 Å². The highest BCUT2D eigenvalue weighted by atomic mass is 15.0. The second kappa shape index (κ2) is 6.25. The van der Waals surface area contributed by atoms with Crippen LogP contribution in [0.25, 0.3) is 0 Å². The van der Waals surface area contributed by atoms with E-state index in [0.29, 0.717) is 12.5 Å². The zero-order valence-corrected chi connectivity index (χ0v) is 12.2. The van der Waals surface area contributed by atoms with Gasteiger partial charge in [0.2, 0.25) is 0 Å². The Balaban J connectivity index is 1.96. The van der Waals surface area contributed by atoms with Crippen LogP contribution in [-0.2, 0) is 6.54 Å². The summed E-state index contributed by atoms with van der Waals surface area (Å²) in [5.41, 5.74) is 1.66. The molecule has 1 aliphatic rings. The summed E-state index contributed by atoms with van der Waals surface area (Å²) in [6.45, 7) is 6.50. The first-order valence-electron chi connectivity index (χ1n) is 7.49. The highest BCUT2D eigenvalue weighted by Crippen LogP contribution is 2.50. The standard InChI is InChI=1S/C16H25N3/c1-3-10-18-15(4-2)14-5-11-19(12-14)13-16(6-7-16)8-9-17/h5,11-12,15,18H,3-4,6-8,10,13H2,1-2H3. The van der Waals surface area contributed by atoms with Crippen molar-refractivity contribution >= 4 is 0 Å². The largest absolute Gasteiger partial charge is 0.353 e. The Hall–Kier alpha value is -1.27. The molecule has 1 aromatic heterocycles. The molecule has 1 saturated carbocycles. The molecule has 1 N–H and O–H groups in total. The average Bonchev–Trinajstić information content (AvgIpc) is 2.99. The van der Waals surface area contributed by atoms with E-state index >= 15 is 0 Å². The van der Waals surface area contributed by atoms with Gasteiger partial charge in [-0.3, -0.25) is 0 Å². The third-order valence-corrected chi connectivity index (χ3v) is 4.15. The summed E-state index contributed by atoms with van der Waals surface area (Å²) in [4.78, 5) is 0. The highest BCUT2D eigenvalue weighted by Gasteiger charge is 2.42. The van der Waals surface area contributed by atoms with E-state index in [0.717, 1.165) is 19.5 Å². The Morgan fingerprint density at radius 1 is 1.47 bits per heavy atom. The lowest BCUT2D eigenvalue weighted by atomic mass is 10.0. The van der Waals surface area contributed by atoms with Gasteiger partial charge in [-0.1, -0.05) is 13.8 Å². The Bertz CT molecular complexity index is 437. The Kier molecular flexibility index (Phi) is 4.66.